The molecule has 3 aromatic carbocycles. The van der Waals surface area contributed by atoms with Gasteiger partial charge in [-0.15, -0.1) is 0 Å². The normalized spacial score (nSPS) is 18.0. The third-order valence-corrected chi connectivity index (χ3v) is 8.75. The van der Waals surface area contributed by atoms with Crippen molar-refractivity contribution in [2.45, 2.75) is 31.2 Å². The van der Waals surface area contributed by atoms with Gasteiger partial charge >= 0.3 is 0 Å². The first-order chi connectivity index (χ1) is 21.2. The van der Waals surface area contributed by atoms with Crippen LogP contribution in [0.15, 0.2) is 82.8 Å². The van der Waals surface area contributed by atoms with E-state index in [1.54, 1.807) is 60.7 Å². The zero-order valence-electron chi connectivity index (χ0n) is 23.5. The van der Waals surface area contributed by atoms with E-state index in [-0.39, 0.29) is 37.5 Å². The van der Waals surface area contributed by atoms with Crippen LogP contribution in [0.2, 0.25) is 10.0 Å². The minimum Gasteiger partial charge on any atom is -0.493 e. The van der Waals surface area contributed by atoms with Gasteiger partial charge in [0, 0.05) is 40.5 Å². The number of aliphatic hydroxyl groups excluding tert-OH is 2. The molecule has 1 aromatic heterocycles. The Balaban J connectivity index is 1.58. The second-order valence-corrected chi connectivity index (χ2v) is 12.1. The van der Waals surface area contributed by atoms with Crippen LogP contribution in [0.5, 0.6) is 11.5 Å². The van der Waals surface area contributed by atoms with Crippen LogP contribution in [-0.4, -0.2) is 65.4 Å². The predicted molar refractivity (Wildman–Crippen MR) is 175 cm³/mol. The van der Waals surface area contributed by atoms with Crippen molar-refractivity contribution >= 4 is 68.6 Å². The number of methoxy groups -OCH3 is 1. The number of carbonyl (C=O) groups excluding carboxylic acids is 2. The summed E-state index contributed by atoms with van der Waals surface area (Å²) >= 11 is 14.8. The molecule has 0 fully saturated rings. The van der Waals surface area contributed by atoms with Crippen molar-refractivity contribution in [2.24, 2.45) is 0 Å². The van der Waals surface area contributed by atoms with E-state index >= 15 is 0 Å². The molecule has 0 bridgehead atoms. The van der Waals surface area contributed by atoms with Crippen molar-refractivity contribution < 1.29 is 33.7 Å². The Morgan fingerprint density at radius 3 is 2.59 bits per heavy atom. The molecule has 0 saturated carbocycles. The number of para-hydroxylation sites is 2. The number of nitrogens with zero attached hydrogens (tertiary/aromatic N) is 1. The molecule has 5 rings (SSSR count). The van der Waals surface area contributed by atoms with E-state index in [0.717, 1.165) is 3.57 Å². The molecule has 0 aliphatic heterocycles. The lowest BCUT2D eigenvalue weighted by atomic mass is 9.87. The van der Waals surface area contributed by atoms with Crippen molar-refractivity contribution in [3.05, 3.63) is 103 Å². The number of fused-ring (bicyclic) bond motifs is 1. The molecule has 3 atom stereocenters. The van der Waals surface area contributed by atoms with Crippen molar-refractivity contribution in [2.75, 3.05) is 20.3 Å². The number of halogens is 3. The zero-order valence-corrected chi connectivity index (χ0v) is 27.2. The summed E-state index contributed by atoms with van der Waals surface area (Å²) in [5.74, 6) is -0.00537. The van der Waals surface area contributed by atoms with Gasteiger partial charge in [0.15, 0.2) is 17.1 Å². The molecule has 12 heteroatoms. The molecule has 2 amide bonds. The Kier molecular flexibility index (Phi) is 10.4. The summed E-state index contributed by atoms with van der Waals surface area (Å²) < 4.78 is 18.5. The first-order valence-corrected chi connectivity index (χ1v) is 15.5. The fraction of sp³-hybridized carbons (Fsp3) is 0.250. The highest BCUT2D eigenvalue weighted by Crippen LogP contribution is 2.34. The molecule has 0 spiro atoms. The van der Waals surface area contributed by atoms with E-state index in [9.17, 15) is 19.8 Å². The average molecular weight is 751 g/mol. The number of furan rings is 1. The molecule has 44 heavy (non-hydrogen) atoms. The van der Waals surface area contributed by atoms with Crippen molar-refractivity contribution in [3.63, 3.8) is 0 Å². The Bertz CT molecular complexity index is 1710. The van der Waals surface area contributed by atoms with Crippen LogP contribution >= 0.6 is 45.8 Å². The molecular formula is C32H29Cl2IN2O7. The number of aliphatic hydroxyl groups is 2. The number of amides is 2. The van der Waals surface area contributed by atoms with Crippen LogP contribution in [0.3, 0.4) is 0 Å². The van der Waals surface area contributed by atoms with Crippen LogP contribution < -0.4 is 14.8 Å². The highest BCUT2D eigenvalue weighted by atomic mass is 127. The van der Waals surface area contributed by atoms with E-state index in [2.05, 4.69) is 27.9 Å². The zero-order chi connectivity index (χ0) is 31.4. The number of carbonyl (C=O) groups is 2. The second-order valence-electron chi connectivity index (χ2n) is 10.1. The van der Waals surface area contributed by atoms with Gasteiger partial charge in [0.2, 0.25) is 5.91 Å². The summed E-state index contributed by atoms with van der Waals surface area (Å²) in [5, 5.41) is 25.2. The van der Waals surface area contributed by atoms with Crippen LogP contribution in [-0.2, 0) is 11.3 Å². The number of benzene rings is 3. The van der Waals surface area contributed by atoms with E-state index in [4.69, 9.17) is 37.1 Å². The van der Waals surface area contributed by atoms with Gasteiger partial charge in [-0.1, -0.05) is 53.5 Å². The van der Waals surface area contributed by atoms with Crippen LogP contribution in [0.25, 0.3) is 11.0 Å². The fourth-order valence-corrected chi connectivity index (χ4v) is 6.07. The summed E-state index contributed by atoms with van der Waals surface area (Å²) in [6.07, 6.45) is -0.702. The molecule has 9 nitrogen and oxygen atoms in total. The molecule has 3 unspecified atom stereocenters. The number of hydrogen-bond acceptors (Lipinski definition) is 7. The molecule has 4 aromatic rings. The third kappa shape index (κ3) is 7.00. The highest BCUT2D eigenvalue weighted by molar-refractivity contribution is 14.1. The Morgan fingerprint density at radius 2 is 1.86 bits per heavy atom. The third-order valence-electron chi connectivity index (χ3n) is 7.27. The van der Waals surface area contributed by atoms with Gasteiger partial charge in [0.05, 0.1) is 23.3 Å². The first-order valence-electron chi connectivity index (χ1n) is 13.7. The van der Waals surface area contributed by atoms with Gasteiger partial charge in [-0.25, -0.2) is 0 Å². The highest BCUT2D eigenvalue weighted by Gasteiger charge is 2.41. The molecule has 230 valence electrons. The van der Waals surface area contributed by atoms with Gasteiger partial charge in [-0.05, 0) is 70.6 Å². The van der Waals surface area contributed by atoms with Gasteiger partial charge in [0.1, 0.15) is 18.0 Å². The summed E-state index contributed by atoms with van der Waals surface area (Å²) in [4.78, 5) is 28.9. The average Bonchev–Trinajstić information content (AvgIpc) is 3.46. The molecule has 0 saturated heterocycles. The number of hydrogen-bond donors (Lipinski definition) is 3. The lowest BCUT2D eigenvalue weighted by Crippen LogP contribution is -2.54. The van der Waals surface area contributed by atoms with Gasteiger partial charge in [0.25, 0.3) is 5.91 Å². The van der Waals surface area contributed by atoms with Crippen LogP contribution in [0.1, 0.15) is 22.5 Å². The van der Waals surface area contributed by atoms with E-state index in [1.165, 1.54) is 12.0 Å². The molecule has 1 heterocycles. The number of rotatable bonds is 10. The predicted octanol–water partition coefficient (Wildman–Crippen LogP) is 5.61. The summed E-state index contributed by atoms with van der Waals surface area (Å²) in [5.41, 5.74) is 1.26. The standard InChI is InChI=1S/C32H29Cl2IN2O7/c1-42-26-8-4-5-18-14-28(44-30(18)26)32(41)37(17-19-9-10-21(33)16-22(19)34)24-13-20(31(40)36-11-12-38)15-27(29(24)39)43-25-7-3-2-6-23(25)35/h2-10,14-16,24,27,29,38-39H,11-13,17H2,1H3,(H,36,40). The maximum atomic E-state index is 14.3. The van der Waals surface area contributed by atoms with Crippen molar-refractivity contribution in [1.29, 1.82) is 0 Å². The number of nitrogens with one attached hydrogen (secondary N) is 1. The Labute approximate surface area is 277 Å². The smallest absolute Gasteiger partial charge is 0.290 e. The largest absolute Gasteiger partial charge is 0.493 e. The molecule has 0 radical (unpaired) electrons. The van der Waals surface area contributed by atoms with Gasteiger partial charge in [-0.3, -0.25) is 9.59 Å². The Morgan fingerprint density at radius 1 is 1.09 bits per heavy atom. The lowest BCUT2D eigenvalue weighted by Gasteiger charge is -2.40. The van der Waals surface area contributed by atoms with Crippen LogP contribution in [0.4, 0.5) is 0 Å². The van der Waals surface area contributed by atoms with Crippen molar-refractivity contribution in [1.82, 2.24) is 10.2 Å². The van der Waals surface area contributed by atoms with Crippen LogP contribution in [0, 0.1) is 3.57 Å². The molecule has 3 N–H and O–H groups in total. The fourth-order valence-electron chi connectivity index (χ4n) is 5.08. The molecule has 1 aliphatic rings. The first kappa shape index (κ1) is 32.1. The minimum absolute atomic E-state index is 0.00926. The van der Waals surface area contributed by atoms with Crippen molar-refractivity contribution in [3.8, 4) is 11.5 Å². The maximum Gasteiger partial charge on any atom is 0.290 e. The number of ether oxygens (including phenoxy) is 2. The molecule has 1 aliphatic carbocycles. The lowest BCUT2D eigenvalue weighted by molar-refractivity contribution is -0.118. The SMILES string of the molecule is COc1cccc2cc(C(=O)N(Cc3ccc(Cl)cc3Cl)C3CC(C(=O)NCCO)=CC(Oc4ccccc4I)C3O)oc12. The quantitative estimate of drug-likeness (QED) is 0.180. The minimum atomic E-state index is -1.26. The van der Waals surface area contributed by atoms with E-state index in [0.29, 0.717) is 38.1 Å². The summed E-state index contributed by atoms with van der Waals surface area (Å²) in [6.45, 7) is -0.246. The van der Waals surface area contributed by atoms with E-state index < -0.39 is 30.1 Å². The monoisotopic (exact) mass is 750 g/mol. The molecular weight excluding hydrogens is 722 g/mol. The summed E-state index contributed by atoms with van der Waals surface area (Å²) in [6, 6.07) is 18.2. The van der Waals surface area contributed by atoms with Gasteiger partial charge in [-0.2, -0.15) is 0 Å². The summed E-state index contributed by atoms with van der Waals surface area (Å²) in [7, 11) is 1.51. The second kappa shape index (κ2) is 14.2. The Hall–Kier alpha value is -3.29. The topological polar surface area (TPSA) is 121 Å². The van der Waals surface area contributed by atoms with E-state index in [1.807, 2.05) is 12.1 Å². The maximum absolute atomic E-state index is 14.3. The van der Waals surface area contributed by atoms with Gasteiger partial charge < -0.3 is 34.3 Å².